The van der Waals surface area contributed by atoms with Crippen molar-refractivity contribution in [3.05, 3.63) is 30.4 Å². The maximum atomic E-state index is 13.2. The van der Waals surface area contributed by atoms with Crippen LogP contribution in [0.4, 0.5) is 0 Å². The van der Waals surface area contributed by atoms with Crippen LogP contribution in [0.5, 0.6) is 0 Å². The summed E-state index contributed by atoms with van der Waals surface area (Å²) in [4.78, 5) is 35.3. The molecular weight excluding hydrogens is 362 g/mol. The van der Waals surface area contributed by atoms with Crippen molar-refractivity contribution in [1.29, 1.82) is 0 Å². The largest absolute Gasteiger partial charge is 0.337 e. The van der Waals surface area contributed by atoms with Crippen LogP contribution < -0.4 is 0 Å². The number of carbonyl (C=O) groups is 2. The molecule has 0 bridgehead atoms. The monoisotopic (exact) mass is 381 g/mol. The Kier molecular flexibility index (Phi) is 3.81. The highest BCUT2D eigenvalue weighted by Crippen LogP contribution is 2.41. The first-order valence-electron chi connectivity index (χ1n) is 9.25. The molecule has 28 heavy (non-hydrogen) atoms. The molecule has 1 saturated heterocycles. The molecule has 1 aliphatic heterocycles. The number of rotatable bonds is 3. The highest BCUT2D eigenvalue weighted by Gasteiger charge is 2.49. The number of aromatic amines is 1. The number of pyridine rings is 1. The summed E-state index contributed by atoms with van der Waals surface area (Å²) in [6.07, 6.45) is 5.74. The Balaban J connectivity index is 1.35. The number of aromatic nitrogens is 7. The van der Waals surface area contributed by atoms with Gasteiger partial charge in [0.25, 0.3) is 5.91 Å². The Labute approximate surface area is 159 Å². The fourth-order valence-electron chi connectivity index (χ4n) is 4.09. The second-order valence-electron chi connectivity index (χ2n) is 7.32. The van der Waals surface area contributed by atoms with Gasteiger partial charge in [0.15, 0.2) is 6.33 Å². The molecule has 2 amide bonds. The van der Waals surface area contributed by atoms with E-state index in [9.17, 15) is 9.59 Å². The highest BCUT2D eigenvalue weighted by molar-refractivity contribution is 5.95. The zero-order chi connectivity index (χ0) is 19.1. The van der Waals surface area contributed by atoms with E-state index in [4.69, 9.17) is 0 Å². The van der Waals surface area contributed by atoms with Crippen molar-refractivity contribution in [2.45, 2.75) is 31.3 Å². The Morgan fingerprint density at radius 2 is 2.11 bits per heavy atom. The standard InChI is InChI=1S/C17H19N9O2/c27-15(9-26-20-11-19-23-26)24-6-7-25(17(10-24)4-1-5-17)16(28)13-3-2-12-14(21-13)8-18-22-12/h2-3,8,11H,1,4-7,9-10H2,(H,18,22). The molecule has 1 N–H and O–H groups in total. The average molecular weight is 381 g/mol. The second-order valence-corrected chi connectivity index (χ2v) is 7.32. The van der Waals surface area contributed by atoms with Gasteiger partial charge >= 0.3 is 0 Å². The first-order valence-corrected chi connectivity index (χ1v) is 9.25. The lowest BCUT2D eigenvalue weighted by molar-refractivity contribution is -0.139. The summed E-state index contributed by atoms with van der Waals surface area (Å²) < 4.78 is 0. The number of fused-ring (bicyclic) bond motifs is 1. The summed E-state index contributed by atoms with van der Waals surface area (Å²) >= 11 is 0. The van der Waals surface area contributed by atoms with Gasteiger partial charge in [-0.15, -0.1) is 10.2 Å². The number of tetrazole rings is 1. The zero-order valence-corrected chi connectivity index (χ0v) is 15.2. The molecule has 3 aromatic heterocycles. The maximum Gasteiger partial charge on any atom is 0.273 e. The van der Waals surface area contributed by atoms with E-state index in [0.29, 0.717) is 30.8 Å². The average Bonchev–Trinajstić information content (AvgIpc) is 3.36. The van der Waals surface area contributed by atoms with Crippen LogP contribution in [0.3, 0.4) is 0 Å². The number of piperazine rings is 1. The SMILES string of the molecule is O=C(Cn1ncnn1)N1CCN(C(=O)c2ccc3[nH]ncc3n2)C2(CCC2)C1. The van der Waals surface area contributed by atoms with Crippen LogP contribution in [0.25, 0.3) is 11.0 Å². The number of nitrogens with one attached hydrogen (secondary N) is 1. The lowest BCUT2D eigenvalue weighted by atomic mass is 9.73. The third-order valence-corrected chi connectivity index (χ3v) is 5.72. The predicted molar refractivity (Wildman–Crippen MR) is 95.9 cm³/mol. The van der Waals surface area contributed by atoms with Crippen LogP contribution in [-0.4, -0.2) is 82.2 Å². The summed E-state index contributed by atoms with van der Waals surface area (Å²) in [5.74, 6) is -0.151. The van der Waals surface area contributed by atoms with Crippen molar-refractivity contribution >= 4 is 22.8 Å². The Hall–Kier alpha value is -3.37. The second kappa shape index (κ2) is 6.36. The molecule has 4 heterocycles. The summed E-state index contributed by atoms with van der Waals surface area (Å²) in [5, 5.41) is 18.1. The van der Waals surface area contributed by atoms with Gasteiger partial charge in [-0.2, -0.15) is 9.90 Å². The number of carbonyl (C=O) groups excluding carboxylic acids is 2. The molecule has 11 nitrogen and oxygen atoms in total. The quantitative estimate of drug-likeness (QED) is 0.669. The van der Waals surface area contributed by atoms with Crippen LogP contribution >= 0.6 is 0 Å². The summed E-state index contributed by atoms with van der Waals surface area (Å²) in [7, 11) is 0. The molecule has 2 fully saturated rings. The summed E-state index contributed by atoms with van der Waals surface area (Å²) in [6, 6.07) is 3.55. The first kappa shape index (κ1) is 16.8. The van der Waals surface area contributed by atoms with Gasteiger partial charge < -0.3 is 9.80 Å². The number of hydrogen-bond donors (Lipinski definition) is 1. The number of hydrogen-bond acceptors (Lipinski definition) is 7. The van der Waals surface area contributed by atoms with Crippen molar-refractivity contribution in [1.82, 2.24) is 45.2 Å². The van der Waals surface area contributed by atoms with E-state index in [1.54, 1.807) is 17.2 Å². The van der Waals surface area contributed by atoms with Crippen molar-refractivity contribution in [2.24, 2.45) is 0 Å². The van der Waals surface area contributed by atoms with Crippen LogP contribution in [0.1, 0.15) is 29.8 Å². The van der Waals surface area contributed by atoms with Crippen LogP contribution in [0.15, 0.2) is 24.7 Å². The third kappa shape index (κ3) is 2.70. The molecular formula is C17H19N9O2. The van der Waals surface area contributed by atoms with Gasteiger partial charge in [-0.25, -0.2) is 4.98 Å². The van der Waals surface area contributed by atoms with Crippen molar-refractivity contribution < 1.29 is 9.59 Å². The molecule has 144 valence electrons. The molecule has 3 aromatic rings. The molecule has 11 heteroatoms. The Bertz CT molecular complexity index is 1020. The molecule has 0 unspecified atom stereocenters. The minimum absolute atomic E-state index is 0.0583. The molecule has 0 atom stereocenters. The smallest absolute Gasteiger partial charge is 0.273 e. The lowest BCUT2D eigenvalue weighted by Crippen LogP contribution is -2.68. The van der Waals surface area contributed by atoms with Gasteiger partial charge in [0, 0.05) is 19.6 Å². The van der Waals surface area contributed by atoms with E-state index in [2.05, 4.69) is 30.6 Å². The van der Waals surface area contributed by atoms with E-state index in [1.807, 2.05) is 11.0 Å². The Morgan fingerprint density at radius 3 is 2.86 bits per heavy atom. The van der Waals surface area contributed by atoms with Gasteiger partial charge in [-0.1, -0.05) is 0 Å². The molecule has 1 aliphatic carbocycles. The van der Waals surface area contributed by atoms with Crippen molar-refractivity contribution in [3.8, 4) is 0 Å². The highest BCUT2D eigenvalue weighted by atomic mass is 16.2. The Morgan fingerprint density at radius 1 is 1.21 bits per heavy atom. The lowest BCUT2D eigenvalue weighted by Gasteiger charge is -2.55. The molecule has 0 aromatic carbocycles. The zero-order valence-electron chi connectivity index (χ0n) is 15.2. The predicted octanol–water partition coefficient (Wildman–Crippen LogP) is -0.148. The van der Waals surface area contributed by atoms with E-state index in [1.165, 1.54) is 11.1 Å². The van der Waals surface area contributed by atoms with Crippen LogP contribution in [-0.2, 0) is 11.3 Å². The molecule has 2 aliphatic rings. The van der Waals surface area contributed by atoms with E-state index < -0.39 is 0 Å². The number of amides is 2. The van der Waals surface area contributed by atoms with Crippen LogP contribution in [0.2, 0.25) is 0 Å². The summed E-state index contributed by atoms with van der Waals surface area (Å²) in [6.45, 7) is 1.55. The topological polar surface area (TPSA) is 126 Å². The summed E-state index contributed by atoms with van der Waals surface area (Å²) in [5.41, 5.74) is 1.56. The fraction of sp³-hybridized carbons (Fsp3) is 0.471. The number of nitrogens with zero attached hydrogens (tertiary/aromatic N) is 8. The van der Waals surface area contributed by atoms with Gasteiger partial charge in [0.2, 0.25) is 5.91 Å². The van der Waals surface area contributed by atoms with E-state index in [0.717, 1.165) is 24.8 Å². The van der Waals surface area contributed by atoms with Crippen molar-refractivity contribution in [2.75, 3.05) is 19.6 Å². The third-order valence-electron chi connectivity index (χ3n) is 5.72. The van der Waals surface area contributed by atoms with Crippen LogP contribution in [0, 0.1) is 0 Å². The minimum atomic E-state index is -0.312. The minimum Gasteiger partial charge on any atom is -0.337 e. The molecule has 5 rings (SSSR count). The fourth-order valence-corrected chi connectivity index (χ4v) is 4.09. The van der Waals surface area contributed by atoms with Gasteiger partial charge in [0.1, 0.15) is 17.8 Å². The first-order chi connectivity index (χ1) is 13.6. The normalized spacial score (nSPS) is 18.4. The number of H-pyrrole nitrogens is 1. The van der Waals surface area contributed by atoms with Gasteiger partial charge in [-0.3, -0.25) is 14.7 Å². The maximum absolute atomic E-state index is 13.2. The van der Waals surface area contributed by atoms with Gasteiger partial charge in [-0.05, 0) is 36.6 Å². The van der Waals surface area contributed by atoms with Crippen molar-refractivity contribution in [3.63, 3.8) is 0 Å². The molecule has 0 radical (unpaired) electrons. The molecule has 1 saturated carbocycles. The van der Waals surface area contributed by atoms with E-state index in [-0.39, 0.29) is 23.9 Å². The molecule has 1 spiro atoms. The van der Waals surface area contributed by atoms with Gasteiger partial charge in [0.05, 0.1) is 17.3 Å². The van der Waals surface area contributed by atoms with E-state index >= 15 is 0 Å².